The lowest BCUT2D eigenvalue weighted by molar-refractivity contribution is 0.117. The van der Waals surface area contributed by atoms with Gasteiger partial charge in [0.15, 0.2) is 0 Å². The summed E-state index contributed by atoms with van der Waals surface area (Å²) in [5.41, 5.74) is 0.773. The van der Waals surface area contributed by atoms with Gasteiger partial charge in [-0.1, -0.05) is 29.5 Å². The fourth-order valence-corrected chi connectivity index (χ4v) is 3.35. The van der Waals surface area contributed by atoms with Gasteiger partial charge in [0, 0.05) is 18.0 Å². The fraction of sp³-hybridized carbons (Fsp3) is 0.278. The number of ether oxygens (including phenoxy) is 1. The Kier molecular flexibility index (Phi) is 4.83. The van der Waals surface area contributed by atoms with Crippen LogP contribution in [0.1, 0.15) is 16.6 Å². The molecule has 2 aromatic heterocycles. The molecule has 0 aliphatic carbocycles. The highest BCUT2D eigenvalue weighted by atomic mass is 32.1. The maximum atomic E-state index is 12.1. The lowest BCUT2D eigenvalue weighted by Crippen LogP contribution is -2.54. The van der Waals surface area contributed by atoms with Gasteiger partial charge in [0.25, 0.3) is 0 Å². The summed E-state index contributed by atoms with van der Waals surface area (Å²) in [5, 5.41) is 13.2. The number of thiophene rings is 1. The summed E-state index contributed by atoms with van der Waals surface area (Å²) >= 11 is 1.64. The van der Waals surface area contributed by atoms with Crippen LogP contribution in [-0.4, -0.2) is 39.0 Å². The molecule has 1 aliphatic heterocycles. The van der Waals surface area contributed by atoms with Crippen molar-refractivity contribution >= 4 is 17.4 Å². The van der Waals surface area contributed by atoms with Crippen LogP contribution in [-0.2, 0) is 13.2 Å². The number of likely N-dealkylation sites (tertiary alicyclic amines) is 1. The van der Waals surface area contributed by atoms with Crippen molar-refractivity contribution in [2.75, 3.05) is 13.1 Å². The largest absolute Gasteiger partial charge is 0.487 e. The first-order chi connectivity index (χ1) is 12.8. The third-order valence-electron chi connectivity index (χ3n) is 4.21. The zero-order valence-electron chi connectivity index (χ0n) is 14.1. The molecule has 8 heteroatoms. The molecule has 1 aromatic carbocycles. The number of urea groups is 1. The van der Waals surface area contributed by atoms with Gasteiger partial charge in [0.05, 0.1) is 18.8 Å². The van der Waals surface area contributed by atoms with Crippen molar-refractivity contribution in [3.05, 3.63) is 64.6 Å². The number of rotatable bonds is 6. The van der Waals surface area contributed by atoms with Crippen LogP contribution in [0.3, 0.4) is 0 Å². The summed E-state index contributed by atoms with van der Waals surface area (Å²) in [7, 11) is 0. The Balaban J connectivity index is 1.23. The van der Waals surface area contributed by atoms with Crippen LogP contribution in [0.15, 0.2) is 54.0 Å². The van der Waals surface area contributed by atoms with E-state index in [0.717, 1.165) is 16.3 Å². The number of para-hydroxylation sites is 1. The molecular formula is C18H19N5O2S. The quantitative estimate of drug-likeness (QED) is 0.725. The average Bonchev–Trinajstić information content (AvgIpc) is 3.30. The minimum absolute atomic E-state index is 0.0394. The third kappa shape index (κ3) is 3.85. The number of carbonyl (C=O) groups excluding carboxylic acids is 1. The second kappa shape index (κ2) is 7.57. The Labute approximate surface area is 155 Å². The minimum atomic E-state index is -0.0394. The van der Waals surface area contributed by atoms with E-state index in [1.54, 1.807) is 16.2 Å². The van der Waals surface area contributed by atoms with Crippen LogP contribution < -0.4 is 10.1 Å². The van der Waals surface area contributed by atoms with E-state index in [9.17, 15) is 4.79 Å². The van der Waals surface area contributed by atoms with Gasteiger partial charge in [-0.2, -0.15) is 0 Å². The van der Waals surface area contributed by atoms with E-state index in [4.69, 9.17) is 4.74 Å². The Morgan fingerprint density at radius 3 is 2.85 bits per heavy atom. The molecule has 0 atom stereocenters. The van der Waals surface area contributed by atoms with Crippen molar-refractivity contribution in [1.29, 1.82) is 0 Å². The molecule has 0 bridgehead atoms. The topological polar surface area (TPSA) is 72.3 Å². The monoisotopic (exact) mass is 369 g/mol. The van der Waals surface area contributed by atoms with Crippen molar-refractivity contribution in [3.63, 3.8) is 0 Å². The highest BCUT2D eigenvalue weighted by molar-refractivity contribution is 7.09. The van der Waals surface area contributed by atoms with Gasteiger partial charge >= 0.3 is 6.03 Å². The first-order valence-corrected chi connectivity index (χ1v) is 9.29. The number of nitrogens with one attached hydrogen (secondary N) is 1. The Hall–Kier alpha value is -2.87. The van der Waals surface area contributed by atoms with Crippen LogP contribution in [0.25, 0.3) is 0 Å². The van der Waals surface area contributed by atoms with Gasteiger partial charge in [-0.15, -0.1) is 16.4 Å². The van der Waals surface area contributed by atoms with Crippen LogP contribution >= 0.6 is 11.3 Å². The maximum absolute atomic E-state index is 12.1. The van der Waals surface area contributed by atoms with Gasteiger partial charge in [0.1, 0.15) is 18.1 Å². The standard InChI is InChI=1S/C18H19N5O2S/c24-18(19-9-17-7-4-8-26-17)22-11-15(12-22)23-10-14(20-21-23)13-25-16-5-2-1-3-6-16/h1-8,10,15H,9,11-13H2,(H,19,24). The van der Waals surface area contributed by atoms with Gasteiger partial charge in [-0.05, 0) is 23.6 Å². The van der Waals surface area contributed by atoms with E-state index in [1.807, 2.05) is 58.7 Å². The Morgan fingerprint density at radius 2 is 2.08 bits per heavy atom. The second-order valence-corrected chi connectivity index (χ2v) is 7.12. The molecule has 26 heavy (non-hydrogen) atoms. The summed E-state index contributed by atoms with van der Waals surface area (Å²) in [6.45, 7) is 2.22. The van der Waals surface area contributed by atoms with E-state index in [-0.39, 0.29) is 12.1 Å². The SMILES string of the molecule is O=C(NCc1cccs1)N1CC(n2cc(COc3ccccc3)nn2)C1. The first-order valence-electron chi connectivity index (χ1n) is 8.41. The first kappa shape index (κ1) is 16.6. The number of carbonyl (C=O) groups is 1. The van der Waals surface area contributed by atoms with Gasteiger partial charge in [-0.25, -0.2) is 9.48 Å². The van der Waals surface area contributed by atoms with Crippen molar-refractivity contribution in [1.82, 2.24) is 25.2 Å². The third-order valence-corrected chi connectivity index (χ3v) is 5.08. The highest BCUT2D eigenvalue weighted by Crippen LogP contribution is 2.21. The van der Waals surface area contributed by atoms with Crippen LogP contribution in [0.4, 0.5) is 4.79 Å². The predicted molar refractivity (Wildman–Crippen MR) is 98.0 cm³/mol. The van der Waals surface area contributed by atoms with E-state index >= 15 is 0 Å². The van der Waals surface area contributed by atoms with E-state index in [1.165, 1.54) is 0 Å². The number of nitrogens with zero attached hydrogens (tertiary/aromatic N) is 4. The number of benzene rings is 1. The molecule has 1 fully saturated rings. The number of hydrogen-bond acceptors (Lipinski definition) is 5. The van der Waals surface area contributed by atoms with Gasteiger partial charge < -0.3 is 15.0 Å². The van der Waals surface area contributed by atoms with Crippen molar-refractivity contribution in [3.8, 4) is 5.75 Å². The lowest BCUT2D eigenvalue weighted by Gasteiger charge is -2.38. The zero-order chi connectivity index (χ0) is 17.8. The van der Waals surface area contributed by atoms with Crippen LogP contribution in [0, 0.1) is 0 Å². The molecular weight excluding hydrogens is 350 g/mol. The van der Waals surface area contributed by atoms with Crippen LogP contribution in [0.5, 0.6) is 5.75 Å². The molecule has 3 aromatic rings. The number of hydrogen-bond donors (Lipinski definition) is 1. The van der Waals surface area contributed by atoms with Crippen molar-refractivity contribution < 1.29 is 9.53 Å². The normalized spacial score (nSPS) is 14.1. The summed E-state index contributed by atoms with van der Waals surface area (Å²) in [5.74, 6) is 0.805. The average molecular weight is 369 g/mol. The van der Waals surface area contributed by atoms with Crippen molar-refractivity contribution in [2.45, 2.75) is 19.2 Å². The second-order valence-electron chi connectivity index (χ2n) is 6.09. The fourth-order valence-electron chi connectivity index (χ4n) is 2.71. The predicted octanol–water partition coefficient (Wildman–Crippen LogP) is 2.69. The molecule has 1 saturated heterocycles. The molecule has 134 valence electrons. The molecule has 0 unspecified atom stereocenters. The molecule has 4 rings (SSSR count). The van der Waals surface area contributed by atoms with Crippen molar-refractivity contribution in [2.24, 2.45) is 0 Å². The number of amides is 2. The zero-order valence-corrected chi connectivity index (χ0v) is 14.9. The Morgan fingerprint density at radius 1 is 1.23 bits per heavy atom. The molecule has 0 radical (unpaired) electrons. The maximum Gasteiger partial charge on any atom is 0.317 e. The summed E-state index contributed by atoms with van der Waals surface area (Å²) < 4.78 is 7.49. The molecule has 7 nitrogen and oxygen atoms in total. The molecule has 1 N–H and O–H groups in total. The smallest absolute Gasteiger partial charge is 0.317 e. The summed E-state index contributed by atoms with van der Waals surface area (Å²) in [4.78, 5) is 15.0. The summed E-state index contributed by atoms with van der Waals surface area (Å²) in [6.07, 6.45) is 1.88. The summed E-state index contributed by atoms with van der Waals surface area (Å²) in [6, 6.07) is 13.7. The molecule has 2 amide bonds. The lowest BCUT2D eigenvalue weighted by atomic mass is 10.1. The van der Waals surface area contributed by atoms with E-state index in [0.29, 0.717) is 26.2 Å². The molecule has 0 spiro atoms. The number of aromatic nitrogens is 3. The van der Waals surface area contributed by atoms with Crippen LogP contribution in [0.2, 0.25) is 0 Å². The highest BCUT2D eigenvalue weighted by Gasteiger charge is 2.32. The van der Waals surface area contributed by atoms with Gasteiger partial charge in [0.2, 0.25) is 0 Å². The van der Waals surface area contributed by atoms with E-state index in [2.05, 4.69) is 15.6 Å². The molecule has 3 heterocycles. The molecule has 1 aliphatic rings. The molecule has 0 saturated carbocycles. The van der Waals surface area contributed by atoms with Gasteiger partial charge in [-0.3, -0.25) is 0 Å². The Bertz CT molecular complexity index is 844. The minimum Gasteiger partial charge on any atom is -0.487 e. The van der Waals surface area contributed by atoms with E-state index < -0.39 is 0 Å².